The highest BCUT2D eigenvalue weighted by Crippen LogP contribution is 2.36. The molecule has 0 amide bonds. The van der Waals surface area contributed by atoms with E-state index in [1.165, 1.54) is 12.5 Å². The van der Waals surface area contributed by atoms with Crippen molar-refractivity contribution in [3.63, 3.8) is 0 Å². The zero-order chi connectivity index (χ0) is 19.2. The molecule has 0 bridgehead atoms. The van der Waals surface area contributed by atoms with E-state index in [4.69, 9.17) is 14.6 Å². The molecule has 0 fully saturated rings. The van der Waals surface area contributed by atoms with Crippen LogP contribution in [0.25, 0.3) is 22.1 Å². The van der Waals surface area contributed by atoms with Crippen LogP contribution in [-0.2, 0) is 6.18 Å². The minimum atomic E-state index is -4.71. The molecule has 3 aromatic heterocycles. The van der Waals surface area contributed by atoms with Crippen LogP contribution >= 0.6 is 0 Å². The van der Waals surface area contributed by atoms with Gasteiger partial charge in [-0.1, -0.05) is 6.07 Å². The van der Waals surface area contributed by atoms with Crippen LogP contribution in [0.1, 0.15) is 21.7 Å². The van der Waals surface area contributed by atoms with E-state index in [2.05, 4.69) is 4.98 Å². The van der Waals surface area contributed by atoms with Crippen LogP contribution < -0.4 is 5.73 Å². The number of pyridine rings is 1. The third-order valence-corrected chi connectivity index (χ3v) is 4.16. The van der Waals surface area contributed by atoms with Gasteiger partial charge in [-0.3, -0.25) is 9.78 Å². The van der Waals surface area contributed by atoms with E-state index in [0.717, 1.165) is 29.6 Å². The molecule has 27 heavy (non-hydrogen) atoms. The van der Waals surface area contributed by atoms with Gasteiger partial charge in [0.05, 0.1) is 29.3 Å². The molecule has 0 spiro atoms. The quantitative estimate of drug-likeness (QED) is 0.516. The number of carbonyl (C=O) groups excluding carboxylic acids is 1. The molecule has 0 aliphatic heterocycles. The van der Waals surface area contributed by atoms with Crippen LogP contribution in [-0.4, -0.2) is 10.8 Å². The van der Waals surface area contributed by atoms with Crippen LogP contribution in [0.3, 0.4) is 0 Å². The van der Waals surface area contributed by atoms with Gasteiger partial charge in [0.25, 0.3) is 0 Å². The van der Waals surface area contributed by atoms with Crippen LogP contribution in [0.15, 0.2) is 64.1 Å². The highest BCUT2D eigenvalue weighted by Gasteiger charge is 2.36. The van der Waals surface area contributed by atoms with Crippen molar-refractivity contribution < 1.29 is 26.8 Å². The molecule has 4 aromatic rings. The Morgan fingerprint density at radius 3 is 2.63 bits per heavy atom. The average Bonchev–Trinajstić information content (AvgIpc) is 3.29. The molecule has 0 unspecified atom stereocenters. The minimum Gasteiger partial charge on any atom is -0.472 e. The summed E-state index contributed by atoms with van der Waals surface area (Å²) in [4.78, 5) is 16.3. The largest absolute Gasteiger partial charge is 0.472 e. The fourth-order valence-corrected chi connectivity index (χ4v) is 2.84. The monoisotopic (exact) mass is 372 g/mol. The molecule has 0 radical (unpaired) electrons. The summed E-state index contributed by atoms with van der Waals surface area (Å²) in [6.45, 7) is 0. The van der Waals surface area contributed by atoms with E-state index < -0.39 is 23.1 Å². The number of nitrogens with two attached hydrogens (primary N) is 1. The molecule has 4 rings (SSSR count). The summed E-state index contributed by atoms with van der Waals surface area (Å²) >= 11 is 0. The minimum absolute atomic E-state index is 0.0225. The molecule has 0 saturated carbocycles. The van der Waals surface area contributed by atoms with Crippen molar-refractivity contribution >= 4 is 22.4 Å². The number of nitrogens with zero attached hydrogens (tertiary/aromatic N) is 1. The number of benzene rings is 1. The maximum Gasteiger partial charge on any atom is 0.417 e. The van der Waals surface area contributed by atoms with E-state index in [0.29, 0.717) is 5.39 Å². The number of hydrogen-bond acceptors (Lipinski definition) is 5. The van der Waals surface area contributed by atoms with Crippen LogP contribution in [0.2, 0.25) is 0 Å². The summed E-state index contributed by atoms with van der Waals surface area (Å²) in [5, 5.41) is 0.433. The molecule has 0 aliphatic carbocycles. The molecule has 1 aromatic carbocycles. The Balaban J connectivity index is 1.83. The Bertz CT molecular complexity index is 1140. The van der Waals surface area contributed by atoms with Crippen molar-refractivity contribution in [1.29, 1.82) is 0 Å². The molecule has 0 atom stereocenters. The molecular weight excluding hydrogens is 361 g/mol. The van der Waals surface area contributed by atoms with Gasteiger partial charge in [0.1, 0.15) is 5.58 Å². The highest BCUT2D eigenvalue weighted by molar-refractivity contribution is 6.15. The predicted octanol–water partition coefficient (Wildman–Crippen LogP) is 4.92. The van der Waals surface area contributed by atoms with Crippen LogP contribution in [0.5, 0.6) is 0 Å². The molecule has 0 saturated heterocycles. The summed E-state index contributed by atoms with van der Waals surface area (Å²) < 4.78 is 50.1. The van der Waals surface area contributed by atoms with Crippen molar-refractivity contribution in [3.8, 4) is 11.1 Å². The third kappa shape index (κ3) is 2.84. The van der Waals surface area contributed by atoms with E-state index in [-0.39, 0.29) is 17.0 Å². The van der Waals surface area contributed by atoms with Gasteiger partial charge in [0, 0.05) is 23.3 Å². The summed E-state index contributed by atoms with van der Waals surface area (Å²) in [6, 6.07) is 7.51. The zero-order valence-electron chi connectivity index (χ0n) is 13.6. The van der Waals surface area contributed by atoms with Crippen molar-refractivity contribution in [2.45, 2.75) is 6.18 Å². The zero-order valence-corrected chi connectivity index (χ0v) is 13.6. The smallest absolute Gasteiger partial charge is 0.417 e. The average molecular weight is 372 g/mol. The first kappa shape index (κ1) is 16.9. The lowest BCUT2D eigenvalue weighted by Gasteiger charge is -2.10. The molecule has 8 heteroatoms. The highest BCUT2D eigenvalue weighted by atomic mass is 19.4. The van der Waals surface area contributed by atoms with Crippen LogP contribution in [0, 0.1) is 0 Å². The van der Waals surface area contributed by atoms with E-state index in [1.807, 2.05) is 0 Å². The summed E-state index contributed by atoms with van der Waals surface area (Å²) in [5.41, 5.74) is 6.05. The Morgan fingerprint density at radius 2 is 1.93 bits per heavy atom. The standard InChI is InChI=1S/C19H11F3N2O3/c20-19(21,22)14-3-5-24-8-13(14)17(25)18-16(23)12-2-1-10(7-15(12)27-18)11-4-6-26-9-11/h1-9H,23H2. The van der Waals surface area contributed by atoms with Gasteiger partial charge in [0.15, 0.2) is 5.76 Å². The number of halogens is 3. The summed E-state index contributed by atoms with van der Waals surface area (Å²) in [6.07, 6.45) is 0.160. The Morgan fingerprint density at radius 1 is 1.11 bits per heavy atom. The fourth-order valence-electron chi connectivity index (χ4n) is 2.84. The second-order valence-corrected chi connectivity index (χ2v) is 5.82. The SMILES string of the molecule is Nc1c(C(=O)c2cnccc2C(F)(F)F)oc2cc(-c3ccoc3)ccc12. The summed E-state index contributed by atoms with van der Waals surface area (Å²) in [7, 11) is 0. The number of furan rings is 2. The number of carbonyl (C=O) groups is 1. The Kier molecular flexibility index (Phi) is 3.76. The summed E-state index contributed by atoms with van der Waals surface area (Å²) in [5.74, 6) is -1.33. The first-order chi connectivity index (χ1) is 12.9. The van der Waals surface area contributed by atoms with Gasteiger partial charge in [-0.2, -0.15) is 13.2 Å². The second kappa shape index (κ2) is 6.01. The van der Waals surface area contributed by atoms with Gasteiger partial charge < -0.3 is 14.6 Å². The number of rotatable bonds is 3. The molecular formula is C19H11F3N2O3. The van der Waals surface area contributed by atoms with Crippen LogP contribution in [0.4, 0.5) is 18.9 Å². The van der Waals surface area contributed by atoms with E-state index in [1.54, 1.807) is 24.3 Å². The maximum absolute atomic E-state index is 13.2. The van der Waals surface area contributed by atoms with Crippen molar-refractivity contribution in [1.82, 2.24) is 4.98 Å². The van der Waals surface area contributed by atoms with Gasteiger partial charge in [-0.05, 0) is 29.8 Å². The molecule has 5 nitrogen and oxygen atoms in total. The second-order valence-electron chi connectivity index (χ2n) is 5.82. The van der Waals surface area contributed by atoms with Gasteiger partial charge in [-0.15, -0.1) is 0 Å². The predicted molar refractivity (Wildman–Crippen MR) is 91.0 cm³/mol. The van der Waals surface area contributed by atoms with Gasteiger partial charge >= 0.3 is 6.18 Å². The molecule has 2 N–H and O–H groups in total. The van der Waals surface area contributed by atoms with E-state index >= 15 is 0 Å². The lowest BCUT2D eigenvalue weighted by Crippen LogP contribution is -2.14. The normalized spacial score (nSPS) is 11.8. The van der Waals surface area contributed by atoms with Crippen molar-refractivity contribution in [3.05, 3.63) is 72.1 Å². The Labute approximate surface area is 150 Å². The molecule has 3 heterocycles. The number of ketones is 1. The maximum atomic E-state index is 13.2. The molecule has 136 valence electrons. The van der Waals surface area contributed by atoms with E-state index in [9.17, 15) is 18.0 Å². The number of anilines is 1. The first-order valence-corrected chi connectivity index (χ1v) is 7.77. The number of fused-ring (bicyclic) bond motifs is 1. The topological polar surface area (TPSA) is 82.3 Å². The number of hydrogen-bond donors (Lipinski definition) is 1. The van der Waals surface area contributed by atoms with Crippen molar-refractivity contribution in [2.24, 2.45) is 0 Å². The van der Waals surface area contributed by atoms with Gasteiger partial charge in [-0.25, -0.2) is 0 Å². The fraction of sp³-hybridized carbons (Fsp3) is 0.0526. The first-order valence-electron chi connectivity index (χ1n) is 7.77. The molecule has 0 aliphatic rings. The number of nitrogen functional groups attached to an aromatic ring is 1. The lowest BCUT2D eigenvalue weighted by atomic mass is 10.0. The van der Waals surface area contributed by atoms with Crippen molar-refractivity contribution in [2.75, 3.05) is 5.73 Å². The Hall–Kier alpha value is -3.55. The number of aromatic nitrogens is 1. The lowest BCUT2D eigenvalue weighted by molar-refractivity contribution is -0.137. The number of alkyl halides is 3. The third-order valence-electron chi connectivity index (χ3n) is 4.16. The van der Waals surface area contributed by atoms with Gasteiger partial charge in [0.2, 0.25) is 5.78 Å².